The number of benzene rings is 2. The number of aromatic nitrogens is 2. The Labute approximate surface area is 115 Å². The number of hydrogen-bond donors (Lipinski definition) is 2. The zero-order chi connectivity index (χ0) is 14.3. The summed E-state index contributed by atoms with van der Waals surface area (Å²) in [6, 6.07) is 10.1. The standard InChI is InChI=1S/C15H14N2O3/c1-17-14-4-3-12(20-2)8-13(14)16-15(17)9-5-10(18)7-11(19)6-9/h3-8,18-19H,1-2H3. The van der Waals surface area contributed by atoms with Gasteiger partial charge in [-0.3, -0.25) is 0 Å². The number of aromatic hydroxyl groups is 2. The first-order valence-electron chi connectivity index (χ1n) is 6.12. The molecule has 0 aliphatic carbocycles. The second kappa shape index (κ2) is 4.45. The molecule has 102 valence electrons. The van der Waals surface area contributed by atoms with Gasteiger partial charge in [-0.15, -0.1) is 0 Å². The van der Waals surface area contributed by atoms with Crippen LogP contribution in [0.4, 0.5) is 0 Å². The fraction of sp³-hybridized carbons (Fsp3) is 0.133. The number of fused-ring (bicyclic) bond motifs is 1. The van der Waals surface area contributed by atoms with Crippen molar-refractivity contribution in [2.75, 3.05) is 7.11 Å². The number of methoxy groups -OCH3 is 1. The van der Waals surface area contributed by atoms with Crippen molar-refractivity contribution in [2.45, 2.75) is 0 Å². The van der Waals surface area contributed by atoms with Crippen LogP contribution in [0.15, 0.2) is 36.4 Å². The van der Waals surface area contributed by atoms with E-state index >= 15 is 0 Å². The topological polar surface area (TPSA) is 67.5 Å². The summed E-state index contributed by atoms with van der Waals surface area (Å²) in [5, 5.41) is 19.2. The van der Waals surface area contributed by atoms with E-state index in [0.29, 0.717) is 11.4 Å². The summed E-state index contributed by atoms with van der Waals surface area (Å²) in [6.45, 7) is 0. The van der Waals surface area contributed by atoms with E-state index in [0.717, 1.165) is 16.8 Å². The third kappa shape index (κ3) is 1.93. The average Bonchev–Trinajstić information content (AvgIpc) is 2.74. The zero-order valence-electron chi connectivity index (χ0n) is 11.2. The number of ether oxygens (including phenoxy) is 1. The molecule has 5 heteroatoms. The molecule has 0 aliphatic rings. The quantitative estimate of drug-likeness (QED) is 0.751. The maximum absolute atomic E-state index is 9.59. The fourth-order valence-electron chi connectivity index (χ4n) is 2.29. The molecule has 0 fully saturated rings. The molecule has 0 saturated carbocycles. The van der Waals surface area contributed by atoms with E-state index in [1.807, 2.05) is 29.8 Å². The molecule has 0 amide bonds. The Balaban J connectivity index is 2.23. The van der Waals surface area contributed by atoms with Crippen LogP contribution in [0, 0.1) is 0 Å². The first-order valence-corrected chi connectivity index (χ1v) is 6.12. The first kappa shape index (κ1) is 12.3. The Hall–Kier alpha value is -2.69. The van der Waals surface area contributed by atoms with Crippen LogP contribution in [0.25, 0.3) is 22.4 Å². The predicted molar refractivity (Wildman–Crippen MR) is 76.0 cm³/mol. The van der Waals surface area contributed by atoms with E-state index in [1.54, 1.807) is 19.2 Å². The molecule has 3 rings (SSSR count). The lowest BCUT2D eigenvalue weighted by molar-refractivity contribution is 0.415. The van der Waals surface area contributed by atoms with Gasteiger partial charge in [0.1, 0.15) is 23.1 Å². The molecule has 0 spiro atoms. The summed E-state index contributed by atoms with van der Waals surface area (Å²) >= 11 is 0. The number of phenols is 2. The van der Waals surface area contributed by atoms with Gasteiger partial charge in [-0.05, 0) is 24.3 Å². The largest absolute Gasteiger partial charge is 0.508 e. The monoisotopic (exact) mass is 270 g/mol. The SMILES string of the molecule is COc1ccc2c(c1)nc(-c1cc(O)cc(O)c1)n2C. The molecule has 0 unspecified atom stereocenters. The summed E-state index contributed by atoms with van der Waals surface area (Å²) < 4.78 is 7.09. The summed E-state index contributed by atoms with van der Waals surface area (Å²) in [4.78, 5) is 4.53. The third-order valence-corrected chi connectivity index (χ3v) is 3.25. The highest BCUT2D eigenvalue weighted by molar-refractivity contribution is 5.82. The maximum Gasteiger partial charge on any atom is 0.141 e. The van der Waals surface area contributed by atoms with Gasteiger partial charge in [-0.2, -0.15) is 0 Å². The summed E-state index contributed by atoms with van der Waals surface area (Å²) in [5.74, 6) is 1.41. The van der Waals surface area contributed by atoms with E-state index in [1.165, 1.54) is 6.07 Å². The van der Waals surface area contributed by atoms with Crippen molar-refractivity contribution in [3.8, 4) is 28.6 Å². The lowest BCUT2D eigenvalue weighted by atomic mass is 10.2. The van der Waals surface area contributed by atoms with E-state index < -0.39 is 0 Å². The van der Waals surface area contributed by atoms with Crippen LogP contribution in [0.5, 0.6) is 17.2 Å². The number of phenolic OH excluding ortho intramolecular Hbond substituents is 2. The van der Waals surface area contributed by atoms with Crippen molar-refractivity contribution >= 4 is 11.0 Å². The lowest BCUT2D eigenvalue weighted by Gasteiger charge is -2.04. The number of nitrogens with zero attached hydrogens (tertiary/aromatic N) is 2. The van der Waals surface area contributed by atoms with Crippen LogP contribution in [0.2, 0.25) is 0 Å². The molecule has 2 aromatic carbocycles. The fourth-order valence-corrected chi connectivity index (χ4v) is 2.29. The number of hydrogen-bond acceptors (Lipinski definition) is 4. The molecular weight excluding hydrogens is 256 g/mol. The van der Waals surface area contributed by atoms with E-state index in [4.69, 9.17) is 4.74 Å². The molecule has 2 N–H and O–H groups in total. The van der Waals surface area contributed by atoms with E-state index in [-0.39, 0.29) is 11.5 Å². The second-order valence-electron chi connectivity index (χ2n) is 4.59. The highest BCUT2D eigenvalue weighted by Gasteiger charge is 2.12. The van der Waals surface area contributed by atoms with Gasteiger partial charge < -0.3 is 19.5 Å². The Bertz CT molecular complexity index is 773. The minimum atomic E-state index is 0.00429. The Morgan fingerprint density at radius 3 is 2.40 bits per heavy atom. The minimum Gasteiger partial charge on any atom is -0.508 e. The number of rotatable bonds is 2. The molecule has 0 bridgehead atoms. The number of imidazole rings is 1. The van der Waals surface area contributed by atoms with Gasteiger partial charge >= 0.3 is 0 Å². The second-order valence-corrected chi connectivity index (χ2v) is 4.59. The molecule has 0 saturated heterocycles. The molecule has 0 radical (unpaired) electrons. The normalized spacial score (nSPS) is 10.9. The van der Waals surface area contributed by atoms with Crippen molar-refractivity contribution in [3.63, 3.8) is 0 Å². The van der Waals surface area contributed by atoms with Gasteiger partial charge in [0, 0.05) is 24.7 Å². The summed E-state index contributed by atoms with van der Waals surface area (Å²) in [5.41, 5.74) is 2.40. The molecule has 0 atom stereocenters. The van der Waals surface area contributed by atoms with Gasteiger partial charge in [-0.1, -0.05) is 0 Å². The molecule has 1 aromatic heterocycles. The van der Waals surface area contributed by atoms with Crippen LogP contribution in [0.1, 0.15) is 0 Å². The number of aryl methyl sites for hydroxylation is 1. The molecule has 3 aromatic rings. The van der Waals surface area contributed by atoms with Crippen LogP contribution in [-0.2, 0) is 7.05 Å². The van der Waals surface area contributed by atoms with E-state index in [2.05, 4.69) is 4.98 Å². The maximum atomic E-state index is 9.59. The molecular formula is C15H14N2O3. The lowest BCUT2D eigenvalue weighted by Crippen LogP contribution is -1.92. The van der Waals surface area contributed by atoms with Crippen LogP contribution >= 0.6 is 0 Å². The Morgan fingerprint density at radius 2 is 1.75 bits per heavy atom. The molecule has 5 nitrogen and oxygen atoms in total. The van der Waals surface area contributed by atoms with Crippen molar-refractivity contribution in [3.05, 3.63) is 36.4 Å². The Kier molecular flexibility index (Phi) is 2.75. The van der Waals surface area contributed by atoms with Crippen LogP contribution in [0.3, 0.4) is 0 Å². The Morgan fingerprint density at radius 1 is 1.05 bits per heavy atom. The smallest absolute Gasteiger partial charge is 0.141 e. The van der Waals surface area contributed by atoms with Crippen molar-refractivity contribution in [1.29, 1.82) is 0 Å². The summed E-state index contributed by atoms with van der Waals surface area (Å²) in [6.07, 6.45) is 0. The molecule has 20 heavy (non-hydrogen) atoms. The van der Waals surface area contributed by atoms with Gasteiger partial charge in [0.15, 0.2) is 0 Å². The minimum absolute atomic E-state index is 0.00429. The molecule has 1 heterocycles. The first-order chi connectivity index (χ1) is 9.58. The zero-order valence-corrected chi connectivity index (χ0v) is 11.2. The van der Waals surface area contributed by atoms with Gasteiger partial charge in [0.25, 0.3) is 0 Å². The van der Waals surface area contributed by atoms with E-state index in [9.17, 15) is 10.2 Å². The molecule has 0 aliphatic heterocycles. The average molecular weight is 270 g/mol. The van der Waals surface area contributed by atoms with Gasteiger partial charge in [0.05, 0.1) is 18.1 Å². The third-order valence-electron chi connectivity index (χ3n) is 3.25. The van der Waals surface area contributed by atoms with Crippen LogP contribution < -0.4 is 4.74 Å². The van der Waals surface area contributed by atoms with Crippen molar-refractivity contribution in [2.24, 2.45) is 7.05 Å². The van der Waals surface area contributed by atoms with Gasteiger partial charge in [0.2, 0.25) is 0 Å². The van der Waals surface area contributed by atoms with Gasteiger partial charge in [-0.25, -0.2) is 4.98 Å². The highest BCUT2D eigenvalue weighted by Crippen LogP contribution is 2.30. The summed E-state index contributed by atoms with van der Waals surface area (Å²) in [7, 11) is 3.50. The highest BCUT2D eigenvalue weighted by atomic mass is 16.5. The predicted octanol–water partition coefficient (Wildman–Crippen LogP) is 2.66. The van der Waals surface area contributed by atoms with Crippen LogP contribution in [-0.4, -0.2) is 26.9 Å². The van der Waals surface area contributed by atoms with Crippen molar-refractivity contribution in [1.82, 2.24) is 9.55 Å². The van der Waals surface area contributed by atoms with Crippen molar-refractivity contribution < 1.29 is 14.9 Å².